The van der Waals surface area contributed by atoms with Gasteiger partial charge in [-0.15, -0.1) is 0 Å². The van der Waals surface area contributed by atoms with Crippen molar-refractivity contribution in [1.29, 1.82) is 0 Å². The van der Waals surface area contributed by atoms with E-state index in [4.69, 9.17) is 5.84 Å². The second-order valence-corrected chi connectivity index (χ2v) is 4.68. The molecule has 0 aliphatic rings. The predicted octanol–water partition coefficient (Wildman–Crippen LogP) is 3.32. The second-order valence-electron chi connectivity index (χ2n) is 4.68. The fraction of sp³-hybridized carbons (Fsp3) is 0.400. The summed E-state index contributed by atoms with van der Waals surface area (Å²) in [5, 5.41) is 1.17. The minimum atomic E-state index is 0.202. The average Bonchev–Trinajstić information content (AvgIpc) is 2.43. The van der Waals surface area contributed by atoms with Crippen LogP contribution < -0.4 is 11.3 Å². The summed E-state index contributed by atoms with van der Waals surface area (Å²) < 4.78 is 0. The topological polar surface area (TPSA) is 50.9 Å². The number of rotatable bonds is 6. The van der Waals surface area contributed by atoms with Crippen LogP contribution in [0.15, 0.2) is 36.5 Å². The zero-order valence-electron chi connectivity index (χ0n) is 10.9. The molecular weight excluding hydrogens is 222 g/mol. The van der Waals surface area contributed by atoms with Gasteiger partial charge in [-0.1, -0.05) is 44.4 Å². The molecule has 1 aromatic heterocycles. The molecule has 3 nitrogen and oxygen atoms in total. The first-order valence-corrected chi connectivity index (χ1v) is 6.66. The lowest BCUT2D eigenvalue weighted by Crippen LogP contribution is -2.28. The number of hydrazine groups is 1. The van der Waals surface area contributed by atoms with Gasteiger partial charge in [-0.05, 0) is 24.1 Å². The van der Waals surface area contributed by atoms with Gasteiger partial charge in [0.2, 0.25) is 0 Å². The highest BCUT2D eigenvalue weighted by atomic mass is 15.2. The second kappa shape index (κ2) is 6.47. The number of pyridine rings is 1. The molecule has 3 N–H and O–H groups in total. The van der Waals surface area contributed by atoms with E-state index in [1.807, 2.05) is 24.4 Å². The van der Waals surface area contributed by atoms with Gasteiger partial charge in [-0.25, -0.2) is 0 Å². The van der Waals surface area contributed by atoms with Crippen molar-refractivity contribution in [3.05, 3.63) is 42.1 Å². The summed E-state index contributed by atoms with van der Waals surface area (Å²) in [7, 11) is 0. The van der Waals surface area contributed by atoms with E-state index in [0.717, 1.165) is 11.9 Å². The Morgan fingerprint density at radius 2 is 2.11 bits per heavy atom. The van der Waals surface area contributed by atoms with Crippen molar-refractivity contribution in [2.45, 2.75) is 38.6 Å². The summed E-state index contributed by atoms with van der Waals surface area (Å²) in [6.07, 6.45) is 6.66. The van der Waals surface area contributed by atoms with Gasteiger partial charge in [-0.2, -0.15) is 0 Å². The number of nitrogens with one attached hydrogen (secondary N) is 1. The molecule has 0 spiro atoms. The average molecular weight is 243 g/mol. The fourth-order valence-electron chi connectivity index (χ4n) is 2.22. The first kappa shape index (κ1) is 13.0. The Morgan fingerprint density at radius 1 is 1.28 bits per heavy atom. The molecule has 2 rings (SSSR count). The lowest BCUT2D eigenvalue weighted by molar-refractivity contribution is 0.486. The van der Waals surface area contributed by atoms with Crippen LogP contribution in [0.2, 0.25) is 0 Å². The van der Waals surface area contributed by atoms with Crippen LogP contribution in [0.1, 0.15) is 44.2 Å². The Hall–Kier alpha value is -1.45. The van der Waals surface area contributed by atoms with Gasteiger partial charge in [0.05, 0.1) is 5.52 Å². The number of fused-ring (bicyclic) bond motifs is 1. The molecule has 0 fully saturated rings. The molecule has 0 bridgehead atoms. The molecular formula is C15H21N3. The highest BCUT2D eigenvalue weighted by Crippen LogP contribution is 2.21. The van der Waals surface area contributed by atoms with Crippen molar-refractivity contribution in [2.75, 3.05) is 0 Å². The van der Waals surface area contributed by atoms with E-state index in [2.05, 4.69) is 29.5 Å². The van der Waals surface area contributed by atoms with Crippen molar-refractivity contribution >= 4 is 10.9 Å². The van der Waals surface area contributed by atoms with E-state index in [9.17, 15) is 0 Å². The Balaban J connectivity index is 2.17. The predicted molar refractivity (Wildman–Crippen MR) is 75.9 cm³/mol. The van der Waals surface area contributed by atoms with Gasteiger partial charge in [-0.3, -0.25) is 16.3 Å². The van der Waals surface area contributed by atoms with Crippen LogP contribution in [0.4, 0.5) is 0 Å². The Kier molecular flexibility index (Phi) is 4.67. The molecule has 0 amide bonds. The molecule has 0 radical (unpaired) electrons. The van der Waals surface area contributed by atoms with Crippen molar-refractivity contribution in [3.8, 4) is 0 Å². The SMILES string of the molecule is CCCCCC(NN)c1cnc2ccccc2c1. The Morgan fingerprint density at radius 3 is 2.89 bits per heavy atom. The van der Waals surface area contributed by atoms with Crippen LogP contribution in [0.3, 0.4) is 0 Å². The molecule has 1 atom stereocenters. The van der Waals surface area contributed by atoms with Crippen molar-refractivity contribution < 1.29 is 0 Å². The molecule has 1 aromatic carbocycles. The number of benzene rings is 1. The molecule has 18 heavy (non-hydrogen) atoms. The van der Waals surface area contributed by atoms with Gasteiger partial charge < -0.3 is 0 Å². The monoisotopic (exact) mass is 243 g/mol. The number of nitrogens with zero attached hydrogens (tertiary/aromatic N) is 1. The third-order valence-corrected chi connectivity index (χ3v) is 3.31. The summed E-state index contributed by atoms with van der Waals surface area (Å²) in [4.78, 5) is 4.48. The summed E-state index contributed by atoms with van der Waals surface area (Å²) in [6.45, 7) is 2.21. The lowest BCUT2D eigenvalue weighted by atomic mass is 10.0. The van der Waals surface area contributed by atoms with Crippen LogP contribution in [-0.4, -0.2) is 4.98 Å². The molecule has 2 aromatic rings. The standard InChI is InChI=1S/C15H21N3/c1-2-3-4-9-15(18-16)13-10-12-7-5-6-8-14(12)17-11-13/h5-8,10-11,15,18H,2-4,9,16H2,1H3. The maximum Gasteiger partial charge on any atom is 0.0702 e. The number of nitrogens with two attached hydrogens (primary N) is 1. The van der Waals surface area contributed by atoms with Gasteiger partial charge in [0.25, 0.3) is 0 Å². The third kappa shape index (κ3) is 3.06. The van der Waals surface area contributed by atoms with Gasteiger partial charge >= 0.3 is 0 Å². The number of para-hydroxylation sites is 1. The normalized spacial score (nSPS) is 12.8. The molecule has 1 unspecified atom stereocenters. The summed E-state index contributed by atoms with van der Waals surface area (Å²) in [6, 6.07) is 10.5. The number of unbranched alkanes of at least 4 members (excludes halogenated alkanes) is 2. The molecule has 0 aliphatic carbocycles. The fourth-order valence-corrected chi connectivity index (χ4v) is 2.22. The zero-order chi connectivity index (χ0) is 12.8. The minimum absolute atomic E-state index is 0.202. The molecule has 0 saturated heterocycles. The number of aromatic nitrogens is 1. The summed E-state index contributed by atoms with van der Waals surface area (Å²) in [5.74, 6) is 5.65. The third-order valence-electron chi connectivity index (χ3n) is 3.31. The van der Waals surface area contributed by atoms with E-state index in [1.54, 1.807) is 0 Å². The zero-order valence-corrected chi connectivity index (χ0v) is 10.9. The smallest absolute Gasteiger partial charge is 0.0702 e. The molecule has 0 saturated carbocycles. The number of hydrogen-bond acceptors (Lipinski definition) is 3. The first-order valence-electron chi connectivity index (χ1n) is 6.66. The Bertz CT molecular complexity index is 496. The van der Waals surface area contributed by atoms with Crippen molar-refractivity contribution in [2.24, 2.45) is 5.84 Å². The summed E-state index contributed by atoms with van der Waals surface area (Å²) >= 11 is 0. The maximum atomic E-state index is 5.65. The lowest BCUT2D eigenvalue weighted by Gasteiger charge is -2.16. The van der Waals surface area contributed by atoms with Crippen LogP contribution in [-0.2, 0) is 0 Å². The molecule has 1 heterocycles. The molecule has 96 valence electrons. The van der Waals surface area contributed by atoms with Crippen molar-refractivity contribution in [1.82, 2.24) is 10.4 Å². The van der Waals surface area contributed by atoms with Gasteiger partial charge in [0, 0.05) is 17.6 Å². The first-order chi connectivity index (χ1) is 8.85. The van der Waals surface area contributed by atoms with E-state index < -0.39 is 0 Å². The van der Waals surface area contributed by atoms with Gasteiger partial charge in [0.15, 0.2) is 0 Å². The van der Waals surface area contributed by atoms with Crippen LogP contribution in [0.25, 0.3) is 10.9 Å². The van der Waals surface area contributed by atoms with E-state index in [-0.39, 0.29) is 6.04 Å². The minimum Gasteiger partial charge on any atom is -0.271 e. The van der Waals surface area contributed by atoms with E-state index in [0.29, 0.717) is 0 Å². The maximum absolute atomic E-state index is 5.65. The molecule has 3 heteroatoms. The van der Waals surface area contributed by atoms with Crippen LogP contribution >= 0.6 is 0 Å². The largest absolute Gasteiger partial charge is 0.271 e. The van der Waals surface area contributed by atoms with E-state index >= 15 is 0 Å². The van der Waals surface area contributed by atoms with Crippen molar-refractivity contribution in [3.63, 3.8) is 0 Å². The van der Waals surface area contributed by atoms with Gasteiger partial charge in [0.1, 0.15) is 0 Å². The highest BCUT2D eigenvalue weighted by Gasteiger charge is 2.10. The Labute approximate surface area is 108 Å². The molecule has 0 aliphatic heterocycles. The number of hydrogen-bond donors (Lipinski definition) is 2. The van der Waals surface area contributed by atoms with E-state index in [1.165, 1.54) is 30.2 Å². The highest BCUT2D eigenvalue weighted by molar-refractivity contribution is 5.78. The quantitative estimate of drug-likeness (QED) is 0.465. The summed E-state index contributed by atoms with van der Waals surface area (Å²) in [5.41, 5.74) is 5.11. The van der Waals surface area contributed by atoms with Crippen LogP contribution in [0.5, 0.6) is 0 Å². The van der Waals surface area contributed by atoms with Crippen LogP contribution in [0, 0.1) is 0 Å².